The van der Waals surface area contributed by atoms with Gasteiger partial charge in [0.05, 0.1) is 6.10 Å². The second kappa shape index (κ2) is 11.5. The van der Waals surface area contributed by atoms with E-state index in [1.165, 1.54) is 0 Å². The summed E-state index contributed by atoms with van der Waals surface area (Å²) in [6.07, 6.45) is 3.44. The number of carboxylic acid groups (broad SMARTS) is 1. The monoisotopic (exact) mass is 288 g/mol. The molecule has 1 atom stereocenters. The van der Waals surface area contributed by atoms with Crippen molar-refractivity contribution in [3.8, 4) is 0 Å². The van der Waals surface area contributed by atoms with Crippen molar-refractivity contribution in [1.29, 1.82) is 0 Å². The lowest BCUT2D eigenvalue weighted by Gasteiger charge is -2.14. The zero-order valence-electron chi connectivity index (χ0n) is 12.8. The molecule has 0 heterocycles. The summed E-state index contributed by atoms with van der Waals surface area (Å²) < 4.78 is 5.40. The van der Waals surface area contributed by atoms with E-state index >= 15 is 0 Å². The number of hydrogen-bond acceptors (Lipinski definition) is 3. The van der Waals surface area contributed by atoms with Crippen molar-refractivity contribution < 1.29 is 19.4 Å². The van der Waals surface area contributed by atoms with E-state index in [0.29, 0.717) is 26.0 Å². The van der Waals surface area contributed by atoms with Crippen LogP contribution in [0, 0.1) is 0 Å². The third-order valence-corrected chi connectivity index (χ3v) is 2.71. The zero-order valence-corrected chi connectivity index (χ0v) is 12.8. The van der Waals surface area contributed by atoms with E-state index in [-0.39, 0.29) is 24.6 Å². The van der Waals surface area contributed by atoms with E-state index < -0.39 is 5.97 Å². The first-order valence-electron chi connectivity index (χ1n) is 7.29. The molecule has 0 aromatic carbocycles. The number of carbonyl (C=O) groups is 2. The van der Waals surface area contributed by atoms with Crippen molar-refractivity contribution >= 4 is 12.0 Å². The quantitative estimate of drug-likeness (QED) is 0.508. The third kappa shape index (κ3) is 13.1. The molecule has 0 aromatic heterocycles. The summed E-state index contributed by atoms with van der Waals surface area (Å²) >= 11 is 0. The Balaban J connectivity index is 3.45. The van der Waals surface area contributed by atoms with E-state index in [4.69, 9.17) is 9.84 Å². The Hall–Kier alpha value is -1.30. The molecule has 0 rings (SSSR count). The van der Waals surface area contributed by atoms with Gasteiger partial charge in [0, 0.05) is 25.6 Å². The minimum Gasteiger partial charge on any atom is -0.481 e. The van der Waals surface area contributed by atoms with Crippen LogP contribution >= 0.6 is 0 Å². The Labute approximate surface area is 121 Å². The van der Waals surface area contributed by atoms with E-state index in [1.54, 1.807) is 0 Å². The second-order valence-electron chi connectivity index (χ2n) is 5.21. The standard InChI is InChI=1S/C14H28N2O4/c1-11(2)20-10-5-4-9-15-14(19)16-12(3)7-6-8-13(17)18/h11-12H,4-10H2,1-3H3,(H,17,18)(H2,15,16,19). The number of carboxylic acids is 1. The van der Waals surface area contributed by atoms with Crippen LogP contribution < -0.4 is 10.6 Å². The summed E-state index contributed by atoms with van der Waals surface area (Å²) in [4.78, 5) is 21.9. The Morgan fingerprint density at radius 2 is 1.85 bits per heavy atom. The Bertz CT molecular complexity index is 282. The first-order valence-corrected chi connectivity index (χ1v) is 7.29. The number of ether oxygens (including phenoxy) is 1. The van der Waals surface area contributed by atoms with Crippen LogP contribution in [0.3, 0.4) is 0 Å². The molecule has 1 unspecified atom stereocenters. The Kier molecular flexibility index (Phi) is 10.8. The van der Waals surface area contributed by atoms with Crippen LogP contribution in [-0.4, -0.2) is 42.4 Å². The number of hydrogen-bond donors (Lipinski definition) is 3. The first kappa shape index (κ1) is 18.7. The molecule has 2 amide bonds. The molecular weight excluding hydrogens is 260 g/mol. The van der Waals surface area contributed by atoms with Gasteiger partial charge < -0.3 is 20.5 Å². The van der Waals surface area contributed by atoms with Crippen LogP contribution in [0.2, 0.25) is 0 Å². The normalized spacial score (nSPS) is 12.2. The summed E-state index contributed by atoms with van der Waals surface area (Å²) in [7, 11) is 0. The molecule has 0 fully saturated rings. The highest BCUT2D eigenvalue weighted by molar-refractivity contribution is 5.74. The van der Waals surface area contributed by atoms with E-state index in [0.717, 1.165) is 12.8 Å². The molecule has 6 heteroatoms. The summed E-state index contributed by atoms with van der Waals surface area (Å²) in [6.45, 7) is 7.20. The maximum absolute atomic E-state index is 11.5. The Morgan fingerprint density at radius 1 is 1.15 bits per heavy atom. The molecule has 0 aromatic rings. The molecular formula is C14H28N2O4. The van der Waals surface area contributed by atoms with Crippen LogP contribution in [0.5, 0.6) is 0 Å². The van der Waals surface area contributed by atoms with Crippen molar-refractivity contribution in [2.75, 3.05) is 13.2 Å². The van der Waals surface area contributed by atoms with Gasteiger partial charge in [0.25, 0.3) is 0 Å². The Morgan fingerprint density at radius 3 is 2.45 bits per heavy atom. The number of carbonyl (C=O) groups excluding carboxylic acids is 1. The smallest absolute Gasteiger partial charge is 0.314 e. The lowest BCUT2D eigenvalue weighted by atomic mass is 10.1. The van der Waals surface area contributed by atoms with Gasteiger partial charge in [0.1, 0.15) is 0 Å². The van der Waals surface area contributed by atoms with E-state index in [9.17, 15) is 9.59 Å². The number of aliphatic carboxylic acids is 1. The van der Waals surface area contributed by atoms with E-state index in [2.05, 4.69) is 10.6 Å². The fraction of sp³-hybridized carbons (Fsp3) is 0.857. The molecule has 118 valence electrons. The predicted octanol–water partition coefficient (Wildman–Crippen LogP) is 2.13. The number of urea groups is 1. The number of rotatable bonds is 11. The molecule has 20 heavy (non-hydrogen) atoms. The third-order valence-electron chi connectivity index (χ3n) is 2.71. The molecule has 3 N–H and O–H groups in total. The van der Waals surface area contributed by atoms with Gasteiger partial charge >= 0.3 is 12.0 Å². The topological polar surface area (TPSA) is 87.7 Å². The predicted molar refractivity (Wildman–Crippen MR) is 77.8 cm³/mol. The lowest BCUT2D eigenvalue weighted by molar-refractivity contribution is -0.137. The fourth-order valence-electron chi connectivity index (χ4n) is 1.65. The molecule has 0 aliphatic rings. The molecule has 0 aliphatic carbocycles. The van der Waals surface area contributed by atoms with Crippen LogP contribution in [0.15, 0.2) is 0 Å². The van der Waals surface area contributed by atoms with Crippen LogP contribution in [0.4, 0.5) is 4.79 Å². The van der Waals surface area contributed by atoms with Crippen molar-refractivity contribution in [1.82, 2.24) is 10.6 Å². The highest BCUT2D eigenvalue weighted by Crippen LogP contribution is 2.00. The maximum atomic E-state index is 11.5. The zero-order chi connectivity index (χ0) is 15.4. The van der Waals surface area contributed by atoms with Crippen molar-refractivity contribution in [3.63, 3.8) is 0 Å². The number of amides is 2. The van der Waals surface area contributed by atoms with Gasteiger partial charge in [0.15, 0.2) is 0 Å². The average Bonchev–Trinajstić information content (AvgIpc) is 2.32. The molecule has 0 spiro atoms. The largest absolute Gasteiger partial charge is 0.481 e. The van der Waals surface area contributed by atoms with Crippen molar-refractivity contribution in [2.45, 2.75) is 65.0 Å². The first-order chi connectivity index (χ1) is 9.41. The van der Waals surface area contributed by atoms with Crippen molar-refractivity contribution in [3.05, 3.63) is 0 Å². The molecule has 0 aliphatic heterocycles. The fourth-order valence-corrected chi connectivity index (χ4v) is 1.65. The van der Waals surface area contributed by atoms with Crippen LogP contribution in [0.25, 0.3) is 0 Å². The van der Waals surface area contributed by atoms with E-state index in [1.807, 2.05) is 20.8 Å². The van der Waals surface area contributed by atoms with Gasteiger partial charge in [-0.15, -0.1) is 0 Å². The second-order valence-corrected chi connectivity index (χ2v) is 5.21. The van der Waals surface area contributed by atoms with Gasteiger partial charge in [-0.3, -0.25) is 4.79 Å². The number of nitrogens with one attached hydrogen (secondary N) is 2. The SMILES string of the molecule is CC(CCCC(=O)O)NC(=O)NCCCCOC(C)C. The van der Waals surface area contributed by atoms with Crippen LogP contribution in [-0.2, 0) is 9.53 Å². The minimum absolute atomic E-state index is 0.0152. The molecule has 6 nitrogen and oxygen atoms in total. The van der Waals surface area contributed by atoms with Gasteiger partial charge in [-0.25, -0.2) is 4.79 Å². The van der Waals surface area contributed by atoms with Gasteiger partial charge in [-0.05, 0) is 46.5 Å². The minimum atomic E-state index is -0.801. The highest BCUT2D eigenvalue weighted by Gasteiger charge is 2.07. The van der Waals surface area contributed by atoms with Gasteiger partial charge in [-0.2, -0.15) is 0 Å². The highest BCUT2D eigenvalue weighted by atomic mass is 16.5. The molecule has 0 radical (unpaired) electrons. The summed E-state index contributed by atoms with van der Waals surface area (Å²) in [5, 5.41) is 14.1. The molecule has 0 bridgehead atoms. The molecule has 0 saturated heterocycles. The van der Waals surface area contributed by atoms with Gasteiger partial charge in [0.2, 0.25) is 0 Å². The maximum Gasteiger partial charge on any atom is 0.314 e. The summed E-state index contributed by atoms with van der Waals surface area (Å²) in [6, 6.07) is -0.212. The summed E-state index contributed by atoms with van der Waals surface area (Å²) in [5.41, 5.74) is 0. The molecule has 0 saturated carbocycles. The average molecular weight is 288 g/mol. The van der Waals surface area contributed by atoms with Crippen molar-refractivity contribution in [2.24, 2.45) is 0 Å². The number of unbranched alkanes of at least 4 members (excludes halogenated alkanes) is 1. The lowest BCUT2D eigenvalue weighted by Crippen LogP contribution is -2.41. The summed E-state index contributed by atoms with van der Waals surface area (Å²) in [5.74, 6) is -0.801. The van der Waals surface area contributed by atoms with Gasteiger partial charge in [-0.1, -0.05) is 0 Å². The van der Waals surface area contributed by atoms with Crippen LogP contribution in [0.1, 0.15) is 52.9 Å².